The van der Waals surface area contributed by atoms with E-state index in [4.69, 9.17) is 9.47 Å². The average molecular weight is 315 g/mol. The van der Waals surface area contributed by atoms with Crippen molar-refractivity contribution in [2.75, 3.05) is 24.2 Å². The van der Waals surface area contributed by atoms with Crippen LogP contribution in [0.25, 0.3) is 0 Å². The minimum atomic E-state index is -3.48. The third-order valence-corrected chi connectivity index (χ3v) is 4.14. The Morgan fingerprint density at radius 3 is 2.43 bits per heavy atom. The average Bonchev–Trinajstić information content (AvgIpc) is 2.44. The standard InChI is InChI=1S/C14H21NO5S/c1-4-9-20-14(16)12-5-7-13(8-6-12)15-21(17,18)10-11(2)19-3/h5-8,11,15H,4,9-10H2,1-3H3/t11-/m0/s1. The molecule has 1 aromatic rings. The van der Waals surface area contributed by atoms with E-state index < -0.39 is 22.1 Å². The Hall–Kier alpha value is -1.60. The van der Waals surface area contributed by atoms with Crippen LogP contribution in [0.4, 0.5) is 5.69 Å². The van der Waals surface area contributed by atoms with Gasteiger partial charge in [-0.2, -0.15) is 0 Å². The van der Waals surface area contributed by atoms with E-state index in [9.17, 15) is 13.2 Å². The molecule has 0 fully saturated rings. The summed E-state index contributed by atoms with van der Waals surface area (Å²) >= 11 is 0. The van der Waals surface area contributed by atoms with Crippen molar-refractivity contribution in [3.05, 3.63) is 29.8 Å². The van der Waals surface area contributed by atoms with Gasteiger partial charge >= 0.3 is 5.97 Å². The van der Waals surface area contributed by atoms with Crippen molar-refractivity contribution in [1.29, 1.82) is 0 Å². The van der Waals surface area contributed by atoms with Crippen molar-refractivity contribution in [2.45, 2.75) is 26.4 Å². The molecular formula is C14H21NO5S. The predicted octanol–water partition coefficient (Wildman–Crippen LogP) is 2.03. The second kappa shape index (κ2) is 7.99. The highest BCUT2D eigenvalue weighted by Crippen LogP contribution is 2.13. The number of benzene rings is 1. The molecule has 0 saturated carbocycles. The number of carbonyl (C=O) groups is 1. The molecule has 7 heteroatoms. The lowest BCUT2D eigenvalue weighted by molar-refractivity contribution is 0.0505. The van der Waals surface area contributed by atoms with Crippen LogP contribution >= 0.6 is 0 Å². The summed E-state index contributed by atoms with van der Waals surface area (Å²) in [4.78, 5) is 11.6. The second-order valence-corrected chi connectivity index (χ2v) is 6.41. The molecule has 21 heavy (non-hydrogen) atoms. The number of esters is 1. The third kappa shape index (κ3) is 6.14. The lowest BCUT2D eigenvalue weighted by atomic mass is 10.2. The summed E-state index contributed by atoms with van der Waals surface area (Å²) in [5.74, 6) is -0.552. The Morgan fingerprint density at radius 1 is 1.29 bits per heavy atom. The number of ether oxygens (including phenoxy) is 2. The molecule has 0 aliphatic heterocycles. The highest BCUT2D eigenvalue weighted by Gasteiger charge is 2.15. The largest absolute Gasteiger partial charge is 0.462 e. The van der Waals surface area contributed by atoms with Crippen molar-refractivity contribution in [1.82, 2.24) is 0 Å². The number of methoxy groups -OCH3 is 1. The van der Waals surface area contributed by atoms with Crippen LogP contribution in [0.15, 0.2) is 24.3 Å². The Balaban J connectivity index is 2.68. The summed E-state index contributed by atoms with van der Waals surface area (Å²) in [7, 11) is -2.03. The smallest absolute Gasteiger partial charge is 0.338 e. The molecule has 118 valence electrons. The summed E-state index contributed by atoms with van der Waals surface area (Å²) in [5.41, 5.74) is 0.780. The Labute approximate surface area is 125 Å². The van der Waals surface area contributed by atoms with Gasteiger partial charge in [0.2, 0.25) is 10.0 Å². The summed E-state index contributed by atoms with van der Waals surface area (Å²) in [6.07, 6.45) is 0.354. The fourth-order valence-corrected chi connectivity index (χ4v) is 2.88. The van der Waals surface area contributed by atoms with Gasteiger partial charge in [-0.15, -0.1) is 0 Å². The number of rotatable bonds is 8. The number of hydrogen-bond donors (Lipinski definition) is 1. The molecule has 0 aliphatic carbocycles. The Morgan fingerprint density at radius 2 is 1.90 bits per heavy atom. The zero-order valence-electron chi connectivity index (χ0n) is 12.5. The van der Waals surface area contributed by atoms with E-state index in [1.54, 1.807) is 6.92 Å². The first-order valence-electron chi connectivity index (χ1n) is 6.68. The highest BCUT2D eigenvalue weighted by atomic mass is 32.2. The maximum atomic E-state index is 11.8. The second-order valence-electron chi connectivity index (χ2n) is 4.64. The van der Waals surface area contributed by atoms with Gasteiger partial charge in [0.15, 0.2) is 0 Å². The molecule has 0 radical (unpaired) electrons. The van der Waals surface area contributed by atoms with Crippen LogP contribution in [0.3, 0.4) is 0 Å². The van der Waals surface area contributed by atoms with Gasteiger partial charge in [-0.1, -0.05) is 6.92 Å². The van der Waals surface area contributed by atoms with E-state index in [1.807, 2.05) is 6.92 Å². The van der Waals surface area contributed by atoms with Crippen LogP contribution in [0.2, 0.25) is 0 Å². The molecule has 1 rings (SSSR count). The normalized spacial score (nSPS) is 12.7. The molecule has 0 aromatic heterocycles. The fourth-order valence-electron chi connectivity index (χ4n) is 1.55. The molecule has 0 heterocycles. The molecule has 0 spiro atoms. The van der Waals surface area contributed by atoms with Crippen LogP contribution in [0.1, 0.15) is 30.6 Å². The number of anilines is 1. The van der Waals surface area contributed by atoms with E-state index in [-0.39, 0.29) is 5.75 Å². The van der Waals surface area contributed by atoms with Crippen LogP contribution in [0.5, 0.6) is 0 Å². The number of sulfonamides is 1. The van der Waals surface area contributed by atoms with E-state index in [1.165, 1.54) is 31.4 Å². The topological polar surface area (TPSA) is 81.7 Å². The molecular weight excluding hydrogens is 294 g/mol. The van der Waals surface area contributed by atoms with Crippen LogP contribution in [0, 0.1) is 0 Å². The minimum absolute atomic E-state index is 0.135. The lowest BCUT2D eigenvalue weighted by Gasteiger charge is -2.12. The van der Waals surface area contributed by atoms with Gasteiger partial charge in [0, 0.05) is 12.8 Å². The monoisotopic (exact) mass is 315 g/mol. The van der Waals surface area contributed by atoms with Gasteiger partial charge in [-0.3, -0.25) is 4.72 Å². The zero-order chi connectivity index (χ0) is 15.9. The predicted molar refractivity (Wildman–Crippen MR) is 80.9 cm³/mol. The van der Waals surface area contributed by atoms with E-state index in [2.05, 4.69) is 4.72 Å². The first-order valence-corrected chi connectivity index (χ1v) is 8.33. The molecule has 0 unspecified atom stereocenters. The van der Waals surface area contributed by atoms with Crippen LogP contribution in [-0.4, -0.2) is 40.0 Å². The summed E-state index contributed by atoms with van der Waals surface area (Å²) in [5, 5.41) is 0. The molecule has 0 amide bonds. The molecule has 0 bridgehead atoms. The quantitative estimate of drug-likeness (QED) is 0.742. The summed E-state index contributed by atoms with van der Waals surface area (Å²) in [6, 6.07) is 6.10. The van der Waals surface area contributed by atoms with Crippen molar-refractivity contribution in [3.63, 3.8) is 0 Å². The van der Waals surface area contributed by atoms with Gasteiger partial charge in [0.05, 0.1) is 24.0 Å². The van der Waals surface area contributed by atoms with Gasteiger partial charge in [-0.25, -0.2) is 13.2 Å². The number of hydrogen-bond acceptors (Lipinski definition) is 5. The molecule has 1 atom stereocenters. The van der Waals surface area contributed by atoms with Crippen LogP contribution < -0.4 is 4.72 Å². The van der Waals surface area contributed by atoms with E-state index in [0.29, 0.717) is 17.9 Å². The maximum Gasteiger partial charge on any atom is 0.338 e. The zero-order valence-corrected chi connectivity index (χ0v) is 13.3. The van der Waals surface area contributed by atoms with E-state index in [0.717, 1.165) is 6.42 Å². The highest BCUT2D eigenvalue weighted by molar-refractivity contribution is 7.92. The summed E-state index contributed by atoms with van der Waals surface area (Å²) in [6.45, 7) is 3.94. The Bertz CT molecular complexity index is 553. The first kappa shape index (κ1) is 17.5. The van der Waals surface area contributed by atoms with Gasteiger partial charge < -0.3 is 9.47 Å². The maximum absolute atomic E-state index is 11.8. The fraction of sp³-hybridized carbons (Fsp3) is 0.500. The molecule has 1 N–H and O–H groups in total. The van der Waals surface area contributed by atoms with Gasteiger partial charge in [-0.05, 0) is 37.6 Å². The Kier molecular flexibility index (Phi) is 6.64. The molecule has 6 nitrogen and oxygen atoms in total. The molecule has 1 aromatic carbocycles. The van der Waals surface area contributed by atoms with Crippen molar-refractivity contribution >= 4 is 21.7 Å². The van der Waals surface area contributed by atoms with Gasteiger partial charge in [0.1, 0.15) is 0 Å². The number of nitrogens with one attached hydrogen (secondary N) is 1. The van der Waals surface area contributed by atoms with Crippen LogP contribution in [-0.2, 0) is 19.5 Å². The SMILES string of the molecule is CCCOC(=O)c1ccc(NS(=O)(=O)C[C@H](C)OC)cc1. The minimum Gasteiger partial charge on any atom is -0.462 e. The molecule has 0 aliphatic rings. The summed E-state index contributed by atoms with van der Waals surface area (Å²) < 4.78 is 36.0. The van der Waals surface area contributed by atoms with Crippen molar-refractivity contribution in [3.8, 4) is 0 Å². The van der Waals surface area contributed by atoms with Crippen molar-refractivity contribution < 1.29 is 22.7 Å². The van der Waals surface area contributed by atoms with Gasteiger partial charge in [0.25, 0.3) is 0 Å². The number of carbonyl (C=O) groups excluding carboxylic acids is 1. The third-order valence-electron chi connectivity index (χ3n) is 2.69. The van der Waals surface area contributed by atoms with E-state index >= 15 is 0 Å². The van der Waals surface area contributed by atoms with Crippen molar-refractivity contribution in [2.24, 2.45) is 0 Å². The lowest BCUT2D eigenvalue weighted by Crippen LogP contribution is -2.25. The first-order chi connectivity index (χ1) is 9.88. The molecule has 0 saturated heterocycles.